The van der Waals surface area contributed by atoms with E-state index in [1.54, 1.807) is 6.92 Å². The van der Waals surface area contributed by atoms with Gasteiger partial charge >= 0.3 is 12.4 Å². The average Bonchev–Trinajstić information content (AvgIpc) is 2.71. The molecule has 7 heteroatoms. The van der Waals surface area contributed by atoms with Crippen LogP contribution in [0.5, 0.6) is 0 Å². The van der Waals surface area contributed by atoms with Gasteiger partial charge in [-0.3, -0.25) is 0 Å². The molecule has 0 unspecified atom stereocenters. The molecule has 1 aromatic rings. The molecular weight excluding hydrogens is 533 g/mol. The van der Waals surface area contributed by atoms with Crippen molar-refractivity contribution in [1.29, 1.82) is 0 Å². The van der Waals surface area contributed by atoms with Crippen LogP contribution in [0.25, 0.3) is 5.57 Å². The van der Waals surface area contributed by atoms with Crippen LogP contribution in [-0.4, -0.2) is 36.3 Å². The summed E-state index contributed by atoms with van der Waals surface area (Å²) < 4.78 is 72.4. The number of hydrogen-bond acceptors (Lipinski definition) is 0. The maximum atomic E-state index is 12.2. The Hall–Kier alpha value is -1.10. The smallest absolute Gasteiger partial charge is 0.166 e. The van der Waals surface area contributed by atoms with Gasteiger partial charge in [0.25, 0.3) is 0 Å². The van der Waals surface area contributed by atoms with E-state index in [1.807, 2.05) is 0 Å². The SMILES string of the molecule is Cc1ccc(C(=[C]C(F)(F)F)C#CC(F)(F)F)cc1.[CH2]CCC.[CH2]CCC.[CH2]CCC.[Sn]. The van der Waals surface area contributed by atoms with Gasteiger partial charge in [-0.2, -0.15) is 26.3 Å². The Morgan fingerprint density at radius 2 is 1.09 bits per heavy atom. The Bertz CT molecular complexity index is 602. The molecule has 0 spiro atoms. The monoisotopic (exact) mass is 568 g/mol. The number of halogens is 6. The zero-order valence-electron chi connectivity index (χ0n) is 19.4. The summed E-state index contributed by atoms with van der Waals surface area (Å²) in [5.74, 6) is 2.27. The summed E-state index contributed by atoms with van der Waals surface area (Å²) in [7, 11) is 0. The van der Waals surface area contributed by atoms with Crippen molar-refractivity contribution in [3.05, 3.63) is 62.2 Å². The number of hydrogen-bond donors (Lipinski definition) is 0. The topological polar surface area (TPSA) is 0 Å². The summed E-state index contributed by atoms with van der Waals surface area (Å²) in [4.78, 5) is 0. The Labute approximate surface area is 208 Å². The van der Waals surface area contributed by atoms with E-state index < -0.39 is 17.9 Å². The third-order valence-corrected chi connectivity index (χ3v) is 3.00. The maximum absolute atomic E-state index is 12.2. The number of rotatable bonds is 4. The van der Waals surface area contributed by atoms with Crippen LogP contribution in [0.15, 0.2) is 24.3 Å². The van der Waals surface area contributed by atoms with Gasteiger partial charge in [-0.1, -0.05) is 116 Å². The van der Waals surface area contributed by atoms with E-state index in [0.717, 1.165) is 36.8 Å². The second-order valence-corrected chi connectivity index (χ2v) is 6.17. The fraction of sp³-hybridized carbons (Fsp3) is 0.480. The zero-order valence-corrected chi connectivity index (χ0v) is 22.3. The van der Waals surface area contributed by atoms with E-state index in [0.29, 0.717) is 0 Å². The quantitative estimate of drug-likeness (QED) is 0.194. The molecule has 1 rings (SSSR count). The first-order valence-corrected chi connectivity index (χ1v) is 10.1. The molecule has 0 saturated heterocycles. The summed E-state index contributed by atoms with van der Waals surface area (Å²) in [6.45, 7) is 18.9. The molecule has 0 nitrogen and oxygen atoms in total. The Balaban J connectivity index is -0.000000250. The molecule has 1 aromatic carbocycles. The maximum Gasteiger partial charge on any atom is 0.458 e. The molecule has 0 atom stereocenters. The van der Waals surface area contributed by atoms with E-state index in [-0.39, 0.29) is 29.5 Å². The third-order valence-electron chi connectivity index (χ3n) is 3.00. The normalized spacial score (nSPS) is 10.5. The molecule has 0 aliphatic carbocycles. The molecule has 32 heavy (non-hydrogen) atoms. The van der Waals surface area contributed by atoms with E-state index in [4.69, 9.17) is 0 Å². The summed E-state index contributed by atoms with van der Waals surface area (Å²) in [5, 5.41) is 0. The molecule has 180 valence electrons. The van der Waals surface area contributed by atoms with Crippen LogP contribution in [0.3, 0.4) is 0 Å². The van der Waals surface area contributed by atoms with Crippen LogP contribution < -0.4 is 0 Å². The number of allylic oxidation sites excluding steroid dienone is 2. The fourth-order valence-electron chi connectivity index (χ4n) is 1.17. The van der Waals surface area contributed by atoms with Crippen molar-refractivity contribution in [1.82, 2.24) is 0 Å². The Morgan fingerprint density at radius 3 is 1.34 bits per heavy atom. The molecule has 0 bridgehead atoms. The van der Waals surface area contributed by atoms with Crippen LogP contribution in [-0.2, 0) is 0 Å². The first kappa shape index (κ1) is 38.2. The molecule has 0 aliphatic rings. The second kappa shape index (κ2) is 23.1. The molecule has 8 radical (unpaired) electrons. The largest absolute Gasteiger partial charge is 0.458 e. The first-order chi connectivity index (χ1) is 14.3. The minimum atomic E-state index is -4.86. The predicted octanol–water partition coefficient (Wildman–Crippen LogP) is 8.79. The van der Waals surface area contributed by atoms with Crippen LogP contribution in [0.2, 0.25) is 0 Å². The van der Waals surface area contributed by atoms with Crippen molar-refractivity contribution < 1.29 is 26.3 Å². The molecule has 0 fully saturated rings. The van der Waals surface area contributed by atoms with Gasteiger partial charge in [0.1, 0.15) is 0 Å². The number of benzene rings is 1. The van der Waals surface area contributed by atoms with Gasteiger partial charge in [-0.25, -0.2) is 0 Å². The van der Waals surface area contributed by atoms with Crippen LogP contribution in [0, 0.1) is 45.6 Å². The summed E-state index contributed by atoms with van der Waals surface area (Å²) in [5.41, 5.74) is -0.150. The minimum absolute atomic E-state index is 0. The molecule has 0 N–H and O–H groups in total. The first-order valence-electron chi connectivity index (χ1n) is 10.1. The van der Waals surface area contributed by atoms with Crippen molar-refractivity contribution >= 4 is 29.5 Å². The number of alkyl halides is 6. The number of unbranched alkanes of at least 4 members (excludes halogenated alkanes) is 3. The van der Waals surface area contributed by atoms with Crippen LogP contribution >= 0.6 is 0 Å². The fourth-order valence-corrected chi connectivity index (χ4v) is 1.17. The molecular formula is C25H34F6Sn. The van der Waals surface area contributed by atoms with Crippen molar-refractivity contribution in [3.63, 3.8) is 0 Å². The van der Waals surface area contributed by atoms with Gasteiger partial charge in [0.2, 0.25) is 0 Å². The Kier molecular flexibility index (Phi) is 27.5. The van der Waals surface area contributed by atoms with Crippen molar-refractivity contribution in [2.45, 2.75) is 78.6 Å². The van der Waals surface area contributed by atoms with Crippen molar-refractivity contribution in [2.75, 3.05) is 0 Å². The van der Waals surface area contributed by atoms with Crippen LogP contribution in [0.4, 0.5) is 26.3 Å². The molecule has 0 heterocycles. The summed E-state index contributed by atoms with van der Waals surface area (Å²) >= 11 is 0. The van der Waals surface area contributed by atoms with Gasteiger partial charge < -0.3 is 0 Å². The summed E-state index contributed by atoms with van der Waals surface area (Å²) in [6.07, 6.45) is -1.88. The van der Waals surface area contributed by atoms with E-state index >= 15 is 0 Å². The van der Waals surface area contributed by atoms with E-state index in [2.05, 4.69) is 41.5 Å². The third kappa shape index (κ3) is 31.1. The molecule has 0 saturated carbocycles. The predicted molar refractivity (Wildman–Crippen MR) is 124 cm³/mol. The van der Waals surface area contributed by atoms with Gasteiger partial charge in [0.05, 0.1) is 6.08 Å². The average molecular weight is 567 g/mol. The van der Waals surface area contributed by atoms with Crippen molar-refractivity contribution in [3.8, 4) is 11.8 Å². The zero-order chi connectivity index (χ0) is 24.9. The molecule has 0 aromatic heterocycles. The molecule has 0 aliphatic heterocycles. The number of aryl methyl sites for hydroxylation is 1. The minimum Gasteiger partial charge on any atom is -0.166 e. The van der Waals surface area contributed by atoms with E-state index in [9.17, 15) is 26.3 Å². The standard InChI is InChI=1S/C13H7F6.3C4H9.Sn/c1-9-2-4-10(5-3-9)11(8-13(17,18)19)6-7-12(14,15)16;3*1-3-4-2;/h2-5H,1H3;3*1,3-4H2,2H3;. The van der Waals surface area contributed by atoms with Crippen LogP contribution in [0.1, 0.15) is 70.4 Å². The second-order valence-electron chi connectivity index (χ2n) is 6.17. The Morgan fingerprint density at radius 1 is 0.750 bits per heavy atom. The van der Waals surface area contributed by atoms with E-state index in [1.165, 1.54) is 49.4 Å². The molecule has 0 amide bonds. The van der Waals surface area contributed by atoms with Gasteiger partial charge in [0, 0.05) is 35.4 Å². The van der Waals surface area contributed by atoms with Gasteiger partial charge in [-0.05, 0) is 12.5 Å². The van der Waals surface area contributed by atoms with Crippen molar-refractivity contribution in [2.24, 2.45) is 0 Å². The van der Waals surface area contributed by atoms with Gasteiger partial charge in [0.15, 0.2) is 0 Å². The van der Waals surface area contributed by atoms with Gasteiger partial charge in [-0.15, -0.1) is 0 Å². The summed E-state index contributed by atoms with van der Waals surface area (Å²) in [6, 6.07) is 5.47.